The van der Waals surface area contributed by atoms with Gasteiger partial charge in [-0.3, -0.25) is 9.69 Å². The summed E-state index contributed by atoms with van der Waals surface area (Å²) in [5.74, 6) is 0.109. The molecule has 1 N–H and O–H groups in total. The summed E-state index contributed by atoms with van der Waals surface area (Å²) in [6, 6.07) is 14.0. The van der Waals surface area contributed by atoms with Gasteiger partial charge in [-0.1, -0.05) is 30.3 Å². The molecule has 0 spiro atoms. The maximum atomic E-state index is 13.2. The van der Waals surface area contributed by atoms with Crippen LogP contribution in [-0.4, -0.2) is 49.8 Å². The van der Waals surface area contributed by atoms with Crippen LogP contribution < -0.4 is 10.1 Å². The highest BCUT2D eigenvalue weighted by Crippen LogP contribution is 2.36. The largest absolute Gasteiger partial charge is 0.491 e. The fourth-order valence-electron chi connectivity index (χ4n) is 3.98. The van der Waals surface area contributed by atoms with Crippen LogP contribution in [-0.2, 0) is 9.53 Å². The van der Waals surface area contributed by atoms with Crippen molar-refractivity contribution in [3.05, 3.63) is 65.5 Å². The third kappa shape index (κ3) is 3.88. The van der Waals surface area contributed by atoms with E-state index in [0.717, 1.165) is 30.0 Å². The molecule has 0 aliphatic carbocycles. The molecule has 4 rings (SSSR count). The van der Waals surface area contributed by atoms with Crippen LogP contribution >= 0.6 is 0 Å². The first-order valence-corrected chi connectivity index (χ1v) is 9.73. The van der Waals surface area contributed by atoms with Crippen LogP contribution in [0.15, 0.2) is 48.5 Å². The average Bonchev–Trinajstić information content (AvgIpc) is 2.74. The highest BCUT2D eigenvalue weighted by atomic mass is 19.1. The van der Waals surface area contributed by atoms with Gasteiger partial charge in [0.1, 0.15) is 18.2 Å². The van der Waals surface area contributed by atoms with Gasteiger partial charge in [0.25, 0.3) is 0 Å². The van der Waals surface area contributed by atoms with Crippen LogP contribution in [0.2, 0.25) is 0 Å². The molecule has 28 heavy (non-hydrogen) atoms. The summed E-state index contributed by atoms with van der Waals surface area (Å²) >= 11 is 0. The lowest BCUT2D eigenvalue weighted by molar-refractivity contribution is -0.124. The molecule has 0 radical (unpaired) electrons. The van der Waals surface area contributed by atoms with Gasteiger partial charge in [0.05, 0.1) is 31.2 Å². The Kier molecular flexibility index (Phi) is 5.59. The summed E-state index contributed by atoms with van der Waals surface area (Å²) in [4.78, 5) is 15.3. The zero-order valence-electron chi connectivity index (χ0n) is 15.9. The Bertz CT molecular complexity index is 821. The van der Waals surface area contributed by atoms with Crippen LogP contribution in [0.4, 0.5) is 4.39 Å². The fourth-order valence-corrected chi connectivity index (χ4v) is 3.98. The molecule has 1 saturated heterocycles. The van der Waals surface area contributed by atoms with Crippen LogP contribution in [0, 0.1) is 5.82 Å². The Morgan fingerprint density at radius 3 is 2.61 bits per heavy atom. The van der Waals surface area contributed by atoms with E-state index in [-0.39, 0.29) is 29.7 Å². The molecule has 1 amide bonds. The number of amides is 1. The number of hydrogen-bond acceptors (Lipinski definition) is 4. The smallest absolute Gasteiger partial charge is 0.227 e. The lowest BCUT2D eigenvalue weighted by atomic mass is 9.93. The van der Waals surface area contributed by atoms with E-state index in [1.54, 1.807) is 12.1 Å². The number of fused-ring (bicyclic) bond motifs is 1. The summed E-state index contributed by atoms with van der Waals surface area (Å²) in [6.07, 6.45) is 0. The Morgan fingerprint density at radius 2 is 1.86 bits per heavy atom. The van der Waals surface area contributed by atoms with Gasteiger partial charge in [0, 0.05) is 18.7 Å². The van der Waals surface area contributed by atoms with E-state index in [9.17, 15) is 9.18 Å². The summed E-state index contributed by atoms with van der Waals surface area (Å²) < 4.78 is 24.6. The van der Waals surface area contributed by atoms with Crippen molar-refractivity contribution < 1.29 is 18.7 Å². The van der Waals surface area contributed by atoms with E-state index in [1.807, 2.05) is 25.1 Å². The van der Waals surface area contributed by atoms with Gasteiger partial charge in [-0.05, 0) is 30.7 Å². The highest BCUT2D eigenvalue weighted by molar-refractivity contribution is 5.83. The number of para-hydroxylation sites is 1. The van der Waals surface area contributed by atoms with E-state index >= 15 is 0 Å². The Balaban J connectivity index is 1.55. The van der Waals surface area contributed by atoms with Crippen molar-refractivity contribution in [1.82, 2.24) is 10.2 Å². The summed E-state index contributed by atoms with van der Waals surface area (Å²) in [7, 11) is 0. The SMILES string of the molecule is CC(C(=O)N[C@@H]1COc2ccccc2[C@H]1N1CCOCC1)c1ccc(F)cc1. The van der Waals surface area contributed by atoms with Gasteiger partial charge in [0.15, 0.2) is 0 Å². The zero-order valence-corrected chi connectivity index (χ0v) is 15.9. The number of benzene rings is 2. The van der Waals surface area contributed by atoms with Crippen molar-refractivity contribution in [2.24, 2.45) is 0 Å². The minimum Gasteiger partial charge on any atom is -0.491 e. The molecule has 6 heteroatoms. The number of halogens is 1. The Morgan fingerprint density at radius 1 is 1.14 bits per heavy atom. The van der Waals surface area contributed by atoms with Crippen LogP contribution in [0.5, 0.6) is 5.75 Å². The number of carbonyl (C=O) groups excluding carboxylic acids is 1. The first kappa shape index (κ1) is 18.9. The predicted molar refractivity (Wildman–Crippen MR) is 104 cm³/mol. The van der Waals surface area contributed by atoms with Crippen LogP contribution in [0.25, 0.3) is 0 Å². The van der Waals surface area contributed by atoms with Crippen LogP contribution in [0.1, 0.15) is 30.0 Å². The molecule has 2 aromatic carbocycles. The third-order valence-electron chi connectivity index (χ3n) is 5.57. The standard InChI is InChI=1S/C22H25FN2O3/c1-15(16-6-8-17(23)9-7-16)22(26)24-19-14-28-20-5-3-2-4-18(20)21(19)25-10-12-27-13-11-25/h2-9,15,19,21H,10-14H2,1H3,(H,24,26)/t15?,19-,21-/m1/s1. The second kappa shape index (κ2) is 8.29. The molecule has 0 saturated carbocycles. The van der Waals surface area contributed by atoms with Crippen molar-refractivity contribution in [3.63, 3.8) is 0 Å². The molecule has 2 aromatic rings. The number of carbonyl (C=O) groups is 1. The van der Waals surface area contributed by atoms with Gasteiger partial charge in [-0.15, -0.1) is 0 Å². The Labute approximate surface area is 164 Å². The van der Waals surface area contributed by atoms with E-state index < -0.39 is 0 Å². The maximum absolute atomic E-state index is 13.2. The van der Waals surface area contributed by atoms with Gasteiger partial charge in [-0.25, -0.2) is 4.39 Å². The van der Waals surface area contributed by atoms with Gasteiger partial charge < -0.3 is 14.8 Å². The molecule has 2 heterocycles. The van der Waals surface area contributed by atoms with Gasteiger partial charge in [-0.2, -0.15) is 0 Å². The van der Waals surface area contributed by atoms with E-state index in [4.69, 9.17) is 9.47 Å². The summed E-state index contributed by atoms with van der Waals surface area (Å²) in [5.41, 5.74) is 1.88. The lowest BCUT2D eigenvalue weighted by Gasteiger charge is -2.42. The van der Waals surface area contributed by atoms with E-state index in [0.29, 0.717) is 19.8 Å². The number of rotatable bonds is 4. The first-order valence-electron chi connectivity index (χ1n) is 9.73. The highest BCUT2D eigenvalue weighted by Gasteiger charge is 2.37. The average molecular weight is 384 g/mol. The fraction of sp³-hybridized carbons (Fsp3) is 0.409. The van der Waals surface area contributed by atoms with E-state index in [2.05, 4.69) is 16.3 Å². The molecular weight excluding hydrogens is 359 g/mol. The Hall–Kier alpha value is -2.44. The molecular formula is C22H25FN2O3. The molecule has 2 aliphatic rings. The number of nitrogens with one attached hydrogen (secondary N) is 1. The van der Waals surface area contributed by atoms with Crippen molar-refractivity contribution in [1.29, 1.82) is 0 Å². The minimum absolute atomic E-state index is 0.0400. The predicted octanol–water partition coefficient (Wildman–Crippen LogP) is 2.88. The quantitative estimate of drug-likeness (QED) is 0.881. The van der Waals surface area contributed by atoms with Gasteiger partial charge in [0.2, 0.25) is 5.91 Å². The van der Waals surface area contributed by atoms with Gasteiger partial charge >= 0.3 is 0 Å². The molecule has 3 atom stereocenters. The molecule has 1 unspecified atom stereocenters. The molecule has 0 bridgehead atoms. The molecule has 2 aliphatic heterocycles. The topological polar surface area (TPSA) is 50.8 Å². The molecule has 5 nitrogen and oxygen atoms in total. The summed E-state index contributed by atoms with van der Waals surface area (Å²) in [6.45, 7) is 5.26. The number of ether oxygens (including phenoxy) is 2. The zero-order chi connectivity index (χ0) is 19.5. The third-order valence-corrected chi connectivity index (χ3v) is 5.57. The number of morpholine rings is 1. The normalized spacial score (nSPS) is 23.4. The summed E-state index contributed by atoms with van der Waals surface area (Å²) in [5, 5.41) is 3.18. The first-order chi connectivity index (χ1) is 13.6. The molecule has 148 valence electrons. The number of hydrogen-bond donors (Lipinski definition) is 1. The molecule has 0 aromatic heterocycles. The monoisotopic (exact) mass is 384 g/mol. The maximum Gasteiger partial charge on any atom is 0.227 e. The second-order valence-electron chi connectivity index (χ2n) is 7.33. The minimum atomic E-state index is -0.372. The van der Waals surface area contributed by atoms with E-state index in [1.165, 1.54) is 12.1 Å². The lowest BCUT2D eigenvalue weighted by Crippen LogP contribution is -2.54. The van der Waals surface area contributed by atoms with Crippen molar-refractivity contribution in [3.8, 4) is 5.75 Å². The van der Waals surface area contributed by atoms with Crippen LogP contribution in [0.3, 0.4) is 0 Å². The van der Waals surface area contributed by atoms with Crippen molar-refractivity contribution in [2.75, 3.05) is 32.9 Å². The number of nitrogens with zero attached hydrogens (tertiary/aromatic N) is 1. The second-order valence-corrected chi connectivity index (χ2v) is 7.33. The molecule has 1 fully saturated rings. The van der Waals surface area contributed by atoms with Crippen molar-refractivity contribution in [2.45, 2.75) is 24.9 Å². The van der Waals surface area contributed by atoms with Crippen molar-refractivity contribution >= 4 is 5.91 Å².